The average molecular weight is 280 g/mol. The van der Waals surface area contributed by atoms with E-state index < -0.39 is 0 Å². The summed E-state index contributed by atoms with van der Waals surface area (Å²) in [5.74, 6) is 0. The molecule has 0 aliphatic rings. The second-order valence-electron chi connectivity index (χ2n) is 3.09. The van der Waals surface area contributed by atoms with Gasteiger partial charge >= 0.3 is 0 Å². The smallest absolute Gasteiger partial charge is 0.181 e. The van der Waals surface area contributed by atoms with Crippen LogP contribution in [0, 0.1) is 18.3 Å². The van der Waals surface area contributed by atoms with Crippen LogP contribution in [0.15, 0.2) is 25.8 Å². The molecule has 0 bridgehead atoms. The first-order valence-corrected chi connectivity index (χ1v) is 7.51. The molecule has 0 radical (unpaired) electrons. The molecule has 0 N–H and O–H groups in total. The number of rotatable bonds is 3. The molecule has 0 saturated carbocycles. The molecule has 0 spiro atoms. The molecular formula is C10H8N4S3. The van der Waals surface area contributed by atoms with E-state index >= 15 is 0 Å². The van der Waals surface area contributed by atoms with Crippen molar-refractivity contribution in [3.05, 3.63) is 23.4 Å². The lowest BCUT2D eigenvalue weighted by Crippen LogP contribution is -1.87. The Bertz CT molecular complexity index is 573. The third kappa shape index (κ3) is 3.19. The van der Waals surface area contributed by atoms with E-state index in [0.29, 0.717) is 5.56 Å². The third-order valence-corrected chi connectivity index (χ3v) is 4.68. The van der Waals surface area contributed by atoms with E-state index in [-0.39, 0.29) is 0 Å². The van der Waals surface area contributed by atoms with Crippen LogP contribution in [0.2, 0.25) is 0 Å². The molecule has 0 unspecified atom stereocenters. The molecule has 0 aliphatic carbocycles. The molecule has 2 heterocycles. The minimum absolute atomic E-state index is 0.620. The molecule has 4 nitrogen and oxygen atoms in total. The summed E-state index contributed by atoms with van der Waals surface area (Å²) in [6.07, 6.45) is 1.97. The summed E-state index contributed by atoms with van der Waals surface area (Å²) in [4.78, 5) is 4.36. The number of hydrogen-bond acceptors (Lipinski definition) is 7. The van der Waals surface area contributed by atoms with Crippen molar-refractivity contribution in [1.82, 2.24) is 15.2 Å². The number of nitriles is 1. The Hall–Kier alpha value is -1.10. The van der Waals surface area contributed by atoms with Crippen LogP contribution in [0.4, 0.5) is 0 Å². The largest absolute Gasteiger partial charge is 0.246 e. The Labute approximate surface area is 111 Å². The topological polar surface area (TPSA) is 62.5 Å². The van der Waals surface area contributed by atoms with Gasteiger partial charge in [0.15, 0.2) is 8.68 Å². The maximum atomic E-state index is 8.88. The second-order valence-corrected chi connectivity index (χ2v) is 6.39. The van der Waals surface area contributed by atoms with E-state index in [1.54, 1.807) is 23.9 Å². The zero-order valence-electron chi connectivity index (χ0n) is 9.17. The zero-order chi connectivity index (χ0) is 12.3. The summed E-state index contributed by atoms with van der Waals surface area (Å²) < 4.78 is 1.77. The Morgan fingerprint density at radius 2 is 2.06 bits per heavy atom. The molecule has 0 fully saturated rings. The molecule has 0 atom stereocenters. The van der Waals surface area contributed by atoms with Gasteiger partial charge in [-0.05, 0) is 37.1 Å². The number of hydrogen-bond donors (Lipinski definition) is 0. The quantitative estimate of drug-likeness (QED) is 0.805. The van der Waals surface area contributed by atoms with Gasteiger partial charge in [0.05, 0.1) is 11.6 Å². The Kier molecular flexibility index (Phi) is 3.99. The van der Waals surface area contributed by atoms with Gasteiger partial charge in [0.1, 0.15) is 5.03 Å². The van der Waals surface area contributed by atoms with E-state index in [9.17, 15) is 0 Å². The lowest BCUT2D eigenvalue weighted by Gasteiger charge is -1.99. The van der Waals surface area contributed by atoms with Crippen LogP contribution >= 0.6 is 34.9 Å². The van der Waals surface area contributed by atoms with E-state index in [1.165, 1.54) is 23.1 Å². The molecule has 17 heavy (non-hydrogen) atoms. The Morgan fingerprint density at radius 1 is 1.29 bits per heavy atom. The molecule has 0 amide bonds. The molecule has 2 aromatic rings. The van der Waals surface area contributed by atoms with Crippen molar-refractivity contribution in [1.29, 1.82) is 5.26 Å². The molecule has 7 heteroatoms. The molecule has 0 aliphatic heterocycles. The van der Waals surface area contributed by atoms with Crippen LogP contribution in [0.1, 0.15) is 11.3 Å². The van der Waals surface area contributed by atoms with Crippen LogP contribution in [-0.4, -0.2) is 21.4 Å². The molecule has 86 valence electrons. The highest BCUT2D eigenvalue weighted by atomic mass is 32.2. The summed E-state index contributed by atoms with van der Waals surface area (Å²) in [6, 6.07) is 5.64. The van der Waals surface area contributed by atoms with Crippen LogP contribution < -0.4 is 0 Å². The molecule has 0 saturated heterocycles. The predicted molar refractivity (Wildman–Crippen MR) is 69.5 cm³/mol. The molecule has 2 aromatic heterocycles. The standard InChI is InChI=1S/C10H8N4S3/c1-6-3-7(5-11)4-8(12-6)16-10-14-13-9(15-2)17-10/h3-4H,1-2H3. The highest BCUT2D eigenvalue weighted by molar-refractivity contribution is 8.02. The first kappa shape index (κ1) is 12.4. The number of aromatic nitrogens is 3. The first-order chi connectivity index (χ1) is 8.21. The van der Waals surface area contributed by atoms with E-state index in [1.807, 2.05) is 13.2 Å². The van der Waals surface area contributed by atoms with Gasteiger partial charge in [0.25, 0.3) is 0 Å². The highest BCUT2D eigenvalue weighted by Gasteiger charge is 2.07. The number of pyridine rings is 1. The fourth-order valence-corrected chi connectivity index (χ4v) is 3.62. The minimum atomic E-state index is 0.620. The van der Waals surface area contributed by atoms with Crippen LogP contribution in [0.3, 0.4) is 0 Å². The summed E-state index contributed by atoms with van der Waals surface area (Å²) >= 11 is 4.53. The fourth-order valence-electron chi connectivity index (χ4n) is 1.17. The lowest BCUT2D eigenvalue weighted by molar-refractivity contribution is 0.952. The van der Waals surface area contributed by atoms with Crippen LogP contribution in [0.5, 0.6) is 0 Å². The Morgan fingerprint density at radius 3 is 2.71 bits per heavy atom. The monoisotopic (exact) mass is 280 g/mol. The van der Waals surface area contributed by atoms with Gasteiger partial charge in [-0.1, -0.05) is 23.1 Å². The number of nitrogens with zero attached hydrogens (tertiary/aromatic N) is 4. The normalized spacial score (nSPS) is 10.2. The van der Waals surface area contributed by atoms with Crippen LogP contribution in [0.25, 0.3) is 0 Å². The average Bonchev–Trinajstić information content (AvgIpc) is 2.76. The summed E-state index contributed by atoms with van der Waals surface area (Å²) in [6.45, 7) is 1.87. The predicted octanol–water partition coefficient (Wildman–Crippen LogP) is 2.99. The minimum Gasteiger partial charge on any atom is -0.246 e. The van der Waals surface area contributed by atoms with Crippen molar-refractivity contribution in [2.45, 2.75) is 20.6 Å². The Balaban J connectivity index is 2.24. The van der Waals surface area contributed by atoms with Crippen LogP contribution in [-0.2, 0) is 0 Å². The van der Waals surface area contributed by atoms with Gasteiger partial charge in [-0.25, -0.2) is 4.98 Å². The van der Waals surface area contributed by atoms with Gasteiger partial charge in [0, 0.05) is 5.69 Å². The molecule has 0 aromatic carbocycles. The highest BCUT2D eigenvalue weighted by Crippen LogP contribution is 2.32. The maximum absolute atomic E-state index is 8.88. The summed E-state index contributed by atoms with van der Waals surface area (Å²) in [5.41, 5.74) is 1.45. The fraction of sp³-hybridized carbons (Fsp3) is 0.200. The van der Waals surface area contributed by atoms with Gasteiger partial charge in [-0.15, -0.1) is 10.2 Å². The molecular weight excluding hydrogens is 272 g/mol. The number of thioether (sulfide) groups is 1. The SMILES string of the molecule is CSc1nnc(Sc2cc(C#N)cc(C)n2)s1. The van der Waals surface area contributed by atoms with Gasteiger partial charge in [-0.3, -0.25) is 0 Å². The van der Waals surface area contributed by atoms with Crippen molar-refractivity contribution in [3.8, 4) is 6.07 Å². The second kappa shape index (κ2) is 5.49. The van der Waals surface area contributed by atoms with E-state index in [0.717, 1.165) is 19.4 Å². The van der Waals surface area contributed by atoms with Gasteiger partial charge in [-0.2, -0.15) is 5.26 Å². The summed E-state index contributed by atoms with van der Waals surface area (Å²) in [7, 11) is 0. The van der Waals surface area contributed by atoms with Crippen molar-refractivity contribution >= 4 is 34.9 Å². The van der Waals surface area contributed by atoms with Gasteiger partial charge in [0.2, 0.25) is 0 Å². The lowest BCUT2D eigenvalue weighted by atomic mass is 10.2. The zero-order valence-corrected chi connectivity index (χ0v) is 11.6. The van der Waals surface area contributed by atoms with Crippen molar-refractivity contribution in [3.63, 3.8) is 0 Å². The molecule has 2 rings (SSSR count). The summed E-state index contributed by atoms with van der Waals surface area (Å²) in [5, 5.41) is 17.7. The van der Waals surface area contributed by atoms with Crippen molar-refractivity contribution < 1.29 is 0 Å². The maximum Gasteiger partial charge on any atom is 0.181 e. The first-order valence-electron chi connectivity index (χ1n) is 4.65. The van der Waals surface area contributed by atoms with E-state index in [4.69, 9.17) is 5.26 Å². The van der Waals surface area contributed by atoms with Crippen molar-refractivity contribution in [2.24, 2.45) is 0 Å². The number of aryl methyl sites for hydroxylation is 1. The van der Waals surface area contributed by atoms with E-state index in [2.05, 4.69) is 21.3 Å². The third-order valence-electron chi connectivity index (χ3n) is 1.81. The van der Waals surface area contributed by atoms with Crippen molar-refractivity contribution in [2.75, 3.05) is 6.26 Å². The van der Waals surface area contributed by atoms with Gasteiger partial charge < -0.3 is 0 Å².